The van der Waals surface area contributed by atoms with Gasteiger partial charge in [0.15, 0.2) is 0 Å². The summed E-state index contributed by atoms with van der Waals surface area (Å²) in [4.78, 5) is 4.46. The van der Waals surface area contributed by atoms with Crippen molar-refractivity contribution >= 4 is 21.4 Å². The molecule has 148 valence electrons. The summed E-state index contributed by atoms with van der Waals surface area (Å²) in [5.74, 6) is 0. The molecule has 29 heavy (non-hydrogen) atoms. The summed E-state index contributed by atoms with van der Waals surface area (Å²) < 4.78 is 24.6. The zero-order valence-corrected chi connectivity index (χ0v) is 16.9. The van der Waals surface area contributed by atoms with Crippen LogP contribution in [0.25, 0.3) is 16.4 Å². The number of sulfonamides is 1. The highest BCUT2D eigenvalue weighted by molar-refractivity contribution is 7.89. The first-order valence-corrected chi connectivity index (χ1v) is 11.2. The number of nitrogens with two attached hydrogens (primary N) is 1. The predicted octanol–water partition coefficient (Wildman–Crippen LogP) is 2.73. The van der Waals surface area contributed by atoms with E-state index in [0.717, 1.165) is 22.4 Å². The van der Waals surface area contributed by atoms with Crippen LogP contribution in [0.1, 0.15) is 16.8 Å². The molecule has 4 rings (SSSR count). The summed E-state index contributed by atoms with van der Waals surface area (Å²) in [6.45, 7) is -0.118. The maximum absolute atomic E-state index is 11.5. The van der Waals surface area contributed by atoms with Gasteiger partial charge in [-0.25, -0.2) is 23.2 Å². The van der Waals surface area contributed by atoms with Gasteiger partial charge < -0.3 is 5.11 Å². The fourth-order valence-corrected chi connectivity index (χ4v) is 4.22. The molecular formula is C20H18N4O3S2. The standard InChI is InChI=1S/C20H18N4O3S2/c21-29(26,27)18-8-6-14(7-9-18)10-16-11-24(20-22-17(12-25)13-28-20)23-19(16)15-4-2-1-3-5-15/h1-9,11,13,25H,10,12H2,(H2,21,26,27). The quantitative estimate of drug-likeness (QED) is 0.492. The zero-order chi connectivity index (χ0) is 20.4. The summed E-state index contributed by atoms with van der Waals surface area (Å²) in [6.07, 6.45) is 2.48. The van der Waals surface area contributed by atoms with Crippen molar-refractivity contribution < 1.29 is 13.5 Å². The van der Waals surface area contributed by atoms with E-state index < -0.39 is 10.0 Å². The second kappa shape index (κ2) is 7.88. The number of hydrogen-bond donors (Lipinski definition) is 2. The van der Waals surface area contributed by atoms with Crippen molar-refractivity contribution in [1.82, 2.24) is 14.8 Å². The lowest BCUT2D eigenvalue weighted by Crippen LogP contribution is -2.11. The van der Waals surface area contributed by atoms with Crippen LogP contribution in [-0.2, 0) is 23.1 Å². The van der Waals surface area contributed by atoms with Gasteiger partial charge in [-0.3, -0.25) is 0 Å². The van der Waals surface area contributed by atoms with Crippen molar-refractivity contribution in [1.29, 1.82) is 0 Å². The zero-order valence-electron chi connectivity index (χ0n) is 15.3. The SMILES string of the molecule is NS(=O)(=O)c1ccc(Cc2cn(-c3nc(CO)cs3)nc2-c2ccccc2)cc1. The number of aliphatic hydroxyl groups excluding tert-OH is 1. The van der Waals surface area contributed by atoms with Crippen molar-refractivity contribution in [2.75, 3.05) is 0 Å². The van der Waals surface area contributed by atoms with E-state index >= 15 is 0 Å². The third-order valence-corrected chi connectivity index (χ3v) is 6.19. The number of aliphatic hydroxyl groups is 1. The molecule has 3 N–H and O–H groups in total. The van der Waals surface area contributed by atoms with E-state index in [1.165, 1.54) is 23.5 Å². The maximum atomic E-state index is 11.5. The summed E-state index contributed by atoms with van der Waals surface area (Å²) in [5, 5.41) is 21.6. The molecule has 4 aromatic rings. The lowest BCUT2D eigenvalue weighted by molar-refractivity contribution is 0.277. The summed E-state index contributed by atoms with van der Waals surface area (Å²) >= 11 is 1.40. The van der Waals surface area contributed by atoms with Crippen LogP contribution in [-0.4, -0.2) is 28.3 Å². The van der Waals surface area contributed by atoms with Crippen molar-refractivity contribution in [3.63, 3.8) is 0 Å². The minimum atomic E-state index is -3.72. The molecule has 2 aromatic carbocycles. The topological polar surface area (TPSA) is 111 Å². The van der Waals surface area contributed by atoms with E-state index in [2.05, 4.69) is 4.98 Å². The largest absolute Gasteiger partial charge is 0.390 e. The van der Waals surface area contributed by atoms with Crippen molar-refractivity contribution in [2.45, 2.75) is 17.9 Å². The Morgan fingerprint density at radius 1 is 1.07 bits per heavy atom. The number of primary sulfonamides is 1. The number of rotatable bonds is 6. The Balaban J connectivity index is 1.73. The van der Waals surface area contributed by atoms with Crippen LogP contribution in [0, 0.1) is 0 Å². The molecule has 0 amide bonds. The molecule has 0 aliphatic heterocycles. The minimum absolute atomic E-state index is 0.0829. The van der Waals surface area contributed by atoms with Gasteiger partial charge in [0.25, 0.3) is 0 Å². The Morgan fingerprint density at radius 2 is 1.79 bits per heavy atom. The van der Waals surface area contributed by atoms with Crippen molar-refractivity contribution in [3.8, 4) is 16.4 Å². The molecule has 7 nitrogen and oxygen atoms in total. The Bertz CT molecular complexity index is 1230. The smallest absolute Gasteiger partial charge is 0.238 e. The van der Waals surface area contributed by atoms with Gasteiger partial charge >= 0.3 is 0 Å². The Kier molecular flexibility index (Phi) is 5.29. The predicted molar refractivity (Wildman–Crippen MR) is 111 cm³/mol. The Labute approximate surface area is 172 Å². The van der Waals surface area contributed by atoms with Crippen LogP contribution in [0.4, 0.5) is 0 Å². The van der Waals surface area contributed by atoms with Gasteiger partial charge in [-0.2, -0.15) is 5.10 Å². The van der Waals surface area contributed by atoms with Crippen LogP contribution in [0.15, 0.2) is 71.1 Å². The van der Waals surface area contributed by atoms with E-state index in [9.17, 15) is 13.5 Å². The Hall–Kier alpha value is -2.85. The van der Waals surface area contributed by atoms with E-state index in [1.54, 1.807) is 22.2 Å². The van der Waals surface area contributed by atoms with E-state index in [4.69, 9.17) is 10.2 Å². The molecule has 0 saturated carbocycles. The van der Waals surface area contributed by atoms with Crippen LogP contribution in [0.2, 0.25) is 0 Å². The first-order valence-electron chi connectivity index (χ1n) is 8.75. The molecule has 0 fully saturated rings. The average Bonchev–Trinajstić information content (AvgIpc) is 3.35. The van der Waals surface area contributed by atoms with Gasteiger partial charge in [0.05, 0.1) is 22.9 Å². The molecule has 0 unspecified atom stereocenters. The molecule has 0 spiro atoms. The summed E-state index contributed by atoms with van der Waals surface area (Å²) in [5.41, 5.74) is 4.30. The third-order valence-electron chi connectivity index (χ3n) is 4.38. The second-order valence-electron chi connectivity index (χ2n) is 6.46. The first-order chi connectivity index (χ1) is 13.9. The highest BCUT2D eigenvalue weighted by atomic mass is 32.2. The summed E-state index contributed by atoms with van der Waals surface area (Å²) in [6, 6.07) is 16.3. The number of thiazole rings is 1. The van der Waals surface area contributed by atoms with Gasteiger partial charge in [0.2, 0.25) is 15.2 Å². The molecule has 2 heterocycles. The van der Waals surface area contributed by atoms with Gasteiger partial charge in [0, 0.05) is 29.1 Å². The fourth-order valence-electron chi connectivity index (χ4n) is 2.97. The molecule has 0 radical (unpaired) electrons. The van der Waals surface area contributed by atoms with E-state index in [-0.39, 0.29) is 11.5 Å². The number of aromatic nitrogens is 3. The Morgan fingerprint density at radius 3 is 2.41 bits per heavy atom. The summed E-state index contributed by atoms with van der Waals surface area (Å²) in [7, 11) is -3.72. The van der Waals surface area contributed by atoms with Crippen LogP contribution in [0.5, 0.6) is 0 Å². The van der Waals surface area contributed by atoms with Crippen LogP contribution in [0.3, 0.4) is 0 Å². The number of benzene rings is 2. The van der Waals surface area contributed by atoms with E-state index in [0.29, 0.717) is 17.2 Å². The molecule has 0 atom stereocenters. The van der Waals surface area contributed by atoms with Gasteiger partial charge in [-0.05, 0) is 17.7 Å². The highest BCUT2D eigenvalue weighted by Crippen LogP contribution is 2.27. The number of nitrogens with zero attached hydrogens (tertiary/aromatic N) is 3. The van der Waals surface area contributed by atoms with E-state index in [1.807, 2.05) is 36.5 Å². The monoisotopic (exact) mass is 426 g/mol. The average molecular weight is 427 g/mol. The highest BCUT2D eigenvalue weighted by Gasteiger charge is 2.15. The number of hydrogen-bond acceptors (Lipinski definition) is 6. The van der Waals surface area contributed by atoms with Crippen LogP contribution < -0.4 is 5.14 Å². The van der Waals surface area contributed by atoms with Gasteiger partial charge in [0.1, 0.15) is 0 Å². The lowest BCUT2D eigenvalue weighted by atomic mass is 10.0. The fraction of sp³-hybridized carbons (Fsp3) is 0.100. The molecule has 9 heteroatoms. The van der Waals surface area contributed by atoms with Gasteiger partial charge in [-0.15, -0.1) is 11.3 Å². The molecule has 0 aliphatic carbocycles. The maximum Gasteiger partial charge on any atom is 0.238 e. The van der Waals surface area contributed by atoms with Crippen molar-refractivity contribution in [3.05, 3.63) is 83.0 Å². The normalized spacial score (nSPS) is 11.7. The van der Waals surface area contributed by atoms with Crippen molar-refractivity contribution in [2.24, 2.45) is 5.14 Å². The van der Waals surface area contributed by atoms with Gasteiger partial charge in [-0.1, -0.05) is 42.5 Å². The van der Waals surface area contributed by atoms with Crippen LogP contribution >= 0.6 is 11.3 Å². The molecule has 0 aliphatic rings. The second-order valence-corrected chi connectivity index (χ2v) is 8.86. The molecular weight excluding hydrogens is 408 g/mol. The molecule has 0 bridgehead atoms. The molecule has 0 saturated heterocycles. The first kappa shape index (κ1) is 19.5. The molecule has 2 aromatic heterocycles. The minimum Gasteiger partial charge on any atom is -0.390 e. The lowest BCUT2D eigenvalue weighted by Gasteiger charge is -2.04. The third kappa shape index (κ3) is 4.28.